The molecule has 5 nitrogen and oxygen atoms in total. The Morgan fingerprint density at radius 2 is 1.95 bits per heavy atom. The Hall–Kier alpha value is -1.92. The maximum absolute atomic E-state index is 10.8. The molecule has 110 valence electrons. The molecule has 2 aromatic carbocycles. The third-order valence-electron chi connectivity index (χ3n) is 3.10. The first-order chi connectivity index (χ1) is 10.0. The van der Waals surface area contributed by atoms with Crippen LogP contribution in [0.3, 0.4) is 0 Å². The van der Waals surface area contributed by atoms with Crippen molar-refractivity contribution in [2.45, 2.75) is 19.4 Å². The summed E-state index contributed by atoms with van der Waals surface area (Å²) >= 11 is 3.32. The molecule has 1 atom stereocenters. The molecule has 0 aliphatic carbocycles. The minimum Gasteiger partial charge on any atom is -0.456 e. The molecule has 2 N–H and O–H groups in total. The van der Waals surface area contributed by atoms with Crippen LogP contribution >= 0.6 is 15.9 Å². The molecule has 0 fully saturated rings. The first-order valence-corrected chi connectivity index (χ1v) is 7.28. The van der Waals surface area contributed by atoms with Crippen molar-refractivity contribution >= 4 is 21.6 Å². The Morgan fingerprint density at radius 3 is 2.52 bits per heavy atom. The number of hydrogen-bond donors (Lipinski definition) is 1. The molecular weight excluding hydrogens is 336 g/mol. The smallest absolute Gasteiger partial charge is 0.273 e. The maximum atomic E-state index is 10.8. The van der Waals surface area contributed by atoms with Crippen LogP contribution in [0, 0.1) is 10.1 Å². The molecule has 0 spiro atoms. The summed E-state index contributed by atoms with van der Waals surface area (Å²) in [5.74, 6) is 1.000. The minimum absolute atomic E-state index is 0.00333. The van der Waals surface area contributed by atoms with Crippen molar-refractivity contribution in [3.63, 3.8) is 0 Å². The van der Waals surface area contributed by atoms with Crippen LogP contribution in [0.1, 0.15) is 24.9 Å². The van der Waals surface area contributed by atoms with Gasteiger partial charge in [0.25, 0.3) is 5.69 Å². The van der Waals surface area contributed by atoms with Crippen molar-refractivity contribution in [1.82, 2.24) is 0 Å². The highest BCUT2D eigenvalue weighted by Crippen LogP contribution is 2.33. The maximum Gasteiger partial charge on any atom is 0.273 e. The quantitative estimate of drug-likeness (QED) is 0.633. The number of benzene rings is 2. The van der Waals surface area contributed by atoms with E-state index in [2.05, 4.69) is 15.9 Å². The third kappa shape index (κ3) is 3.80. The van der Waals surface area contributed by atoms with Gasteiger partial charge in [-0.2, -0.15) is 0 Å². The van der Waals surface area contributed by atoms with Crippen molar-refractivity contribution in [1.29, 1.82) is 0 Å². The van der Waals surface area contributed by atoms with Crippen LogP contribution in [0.5, 0.6) is 11.5 Å². The molecule has 0 saturated heterocycles. The lowest BCUT2D eigenvalue weighted by atomic mass is 10.1. The lowest BCUT2D eigenvalue weighted by Crippen LogP contribution is -2.08. The summed E-state index contributed by atoms with van der Waals surface area (Å²) in [6.07, 6.45) is 0.858. The number of nitro benzene ring substituents is 1. The van der Waals surface area contributed by atoms with E-state index in [9.17, 15) is 10.1 Å². The van der Waals surface area contributed by atoms with Gasteiger partial charge < -0.3 is 10.5 Å². The predicted octanol–water partition coefficient (Wildman–Crippen LogP) is 4.56. The van der Waals surface area contributed by atoms with Gasteiger partial charge in [0.2, 0.25) is 0 Å². The number of nitrogens with two attached hydrogens (primary N) is 1. The van der Waals surface area contributed by atoms with Crippen LogP contribution in [0.25, 0.3) is 0 Å². The highest BCUT2D eigenvalue weighted by atomic mass is 79.9. The van der Waals surface area contributed by atoms with Crippen molar-refractivity contribution in [2.24, 2.45) is 5.73 Å². The van der Waals surface area contributed by atoms with Gasteiger partial charge in [-0.15, -0.1) is 0 Å². The van der Waals surface area contributed by atoms with Gasteiger partial charge in [-0.1, -0.05) is 19.1 Å². The van der Waals surface area contributed by atoms with Crippen LogP contribution in [-0.4, -0.2) is 4.92 Å². The van der Waals surface area contributed by atoms with E-state index >= 15 is 0 Å². The average Bonchev–Trinajstić information content (AvgIpc) is 2.49. The average molecular weight is 351 g/mol. The second-order valence-corrected chi connectivity index (χ2v) is 5.41. The number of nitrogens with zero attached hydrogens (tertiary/aromatic N) is 1. The van der Waals surface area contributed by atoms with Crippen molar-refractivity contribution in [2.75, 3.05) is 0 Å². The summed E-state index contributed by atoms with van der Waals surface area (Å²) in [5, 5.41) is 10.8. The van der Waals surface area contributed by atoms with E-state index in [1.807, 2.05) is 19.1 Å². The summed E-state index contributed by atoms with van der Waals surface area (Å²) in [6.45, 7) is 2.02. The standard InChI is InChI=1S/C15H15BrN2O3/c1-2-14(17)10-3-6-12(7-4-10)21-15-9-11(18(19)20)5-8-13(15)16/h3-9,14H,2,17H2,1H3. The van der Waals surface area contributed by atoms with E-state index in [0.29, 0.717) is 16.0 Å². The zero-order valence-electron chi connectivity index (χ0n) is 11.5. The number of hydrogen-bond acceptors (Lipinski definition) is 4. The number of halogens is 1. The van der Waals surface area contributed by atoms with Gasteiger partial charge in [0, 0.05) is 12.1 Å². The fourth-order valence-electron chi connectivity index (χ4n) is 1.83. The number of ether oxygens (including phenoxy) is 1. The van der Waals surface area contributed by atoms with Gasteiger partial charge in [0.05, 0.1) is 15.5 Å². The lowest BCUT2D eigenvalue weighted by Gasteiger charge is -2.11. The summed E-state index contributed by atoms with van der Waals surface area (Å²) in [6, 6.07) is 11.8. The topological polar surface area (TPSA) is 78.4 Å². The first-order valence-electron chi connectivity index (χ1n) is 6.48. The fraction of sp³-hybridized carbons (Fsp3) is 0.200. The van der Waals surface area contributed by atoms with Gasteiger partial charge in [0.15, 0.2) is 0 Å². The molecule has 0 aromatic heterocycles. The molecule has 0 saturated carbocycles. The number of non-ortho nitro benzene ring substituents is 1. The highest BCUT2D eigenvalue weighted by molar-refractivity contribution is 9.10. The zero-order valence-corrected chi connectivity index (χ0v) is 13.0. The SMILES string of the molecule is CCC(N)c1ccc(Oc2cc([N+](=O)[O-])ccc2Br)cc1. The second kappa shape index (κ2) is 6.69. The Bertz CT molecular complexity index is 644. The molecule has 0 heterocycles. The monoisotopic (exact) mass is 350 g/mol. The minimum atomic E-state index is -0.456. The van der Waals surface area contributed by atoms with Crippen LogP contribution in [-0.2, 0) is 0 Å². The van der Waals surface area contributed by atoms with Crippen molar-refractivity contribution in [3.05, 3.63) is 62.6 Å². The van der Waals surface area contributed by atoms with E-state index < -0.39 is 4.92 Å². The van der Waals surface area contributed by atoms with Gasteiger partial charge in [-0.3, -0.25) is 10.1 Å². The van der Waals surface area contributed by atoms with E-state index in [4.69, 9.17) is 10.5 Å². The lowest BCUT2D eigenvalue weighted by molar-refractivity contribution is -0.384. The van der Waals surface area contributed by atoms with Gasteiger partial charge >= 0.3 is 0 Å². The van der Waals surface area contributed by atoms with E-state index in [1.165, 1.54) is 12.1 Å². The molecule has 0 radical (unpaired) electrons. The summed E-state index contributed by atoms with van der Waals surface area (Å²) < 4.78 is 6.33. The molecule has 2 aromatic rings. The first kappa shape index (κ1) is 15.5. The predicted molar refractivity (Wildman–Crippen MR) is 84.5 cm³/mol. The third-order valence-corrected chi connectivity index (χ3v) is 3.76. The Morgan fingerprint density at radius 1 is 1.29 bits per heavy atom. The number of nitro groups is 1. The Balaban J connectivity index is 2.22. The van der Waals surface area contributed by atoms with Crippen LogP contribution < -0.4 is 10.5 Å². The Kier molecular flexibility index (Phi) is 4.93. The van der Waals surface area contributed by atoms with E-state index in [1.54, 1.807) is 18.2 Å². The fourth-order valence-corrected chi connectivity index (χ4v) is 2.16. The molecule has 6 heteroatoms. The molecule has 0 bridgehead atoms. The van der Waals surface area contributed by atoms with Crippen LogP contribution in [0.2, 0.25) is 0 Å². The summed E-state index contributed by atoms with van der Waals surface area (Å²) in [5.41, 5.74) is 6.97. The normalized spacial score (nSPS) is 12.0. The molecule has 1 unspecified atom stereocenters. The molecule has 2 rings (SSSR count). The number of rotatable bonds is 5. The molecule has 21 heavy (non-hydrogen) atoms. The Labute approximate surface area is 131 Å². The zero-order chi connectivity index (χ0) is 15.4. The van der Waals surface area contributed by atoms with Gasteiger partial charge in [-0.25, -0.2) is 0 Å². The molecular formula is C15H15BrN2O3. The van der Waals surface area contributed by atoms with Crippen LogP contribution in [0.15, 0.2) is 46.9 Å². The van der Waals surface area contributed by atoms with E-state index in [0.717, 1.165) is 12.0 Å². The van der Waals surface area contributed by atoms with Crippen molar-refractivity contribution in [3.8, 4) is 11.5 Å². The second-order valence-electron chi connectivity index (χ2n) is 4.56. The summed E-state index contributed by atoms with van der Waals surface area (Å²) in [4.78, 5) is 10.3. The summed E-state index contributed by atoms with van der Waals surface area (Å²) in [7, 11) is 0. The van der Waals surface area contributed by atoms with E-state index in [-0.39, 0.29) is 11.7 Å². The van der Waals surface area contributed by atoms with Crippen LogP contribution in [0.4, 0.5) is 5.69 Å². The highest BCUT2D eigenvalue weighted by Gasteiger charge is 2.11. The molecule has 0 amide bonds. The van der Waals surface area contributed by atoms with Gasteiger partial charge in [-0.05, 0) is 46.1 Å². The van der Waals surface area contributed by atoms with Crippen molar-refractivity contribution < 1.29 is 9.66 Å². The van der Waals surface area contributed by atoms with Gasteiger partial charge in [0.1, 0.15) is 11.5 Å². The molecule has 0 aliphatic heterocycles. The largest absolute Gasteiger partial charge is 0.456 e. The molecule has 0 aliphatic rings.